The third kappa shape index (κ3) is 2.10. The third-order valence-corrected chi connectivity index (χ3v) is 2.46. The second-order valence-corrected chi connectivity index (χ2v) is 3.74. The number of aliphatic hydroxyl groups is 1. The Labute approximate surface area is 80.4 Å². The Morgan fingerprint density at radius 1 is 1.15 bits per heavy atom. The van der Waals surface area contributed by atoms with Crippen LogP contribution >= 0.6 is 0 Å². The molecule has 0 aliphatic rings. The van der Waals surface area contributed by atoms with Crippen LogP contribution in [0.5, 0.6) is 0 Å². The van der Waals surface area contributed by atoms with E-state index in [-0.39, 0.29) is 6.10 Å². The minimum absolute atomic E-state index is 0.305. The first-order valence-electron chi connectivity index (χ1n) is 4.82. The van der Waals surface area contributed by atoms with Crippen LogP contribution in [0.3, 0.4) is 0 Å². The van der Waals surface area contributed by atoms with Crippen molar-refractivity contribution in [3.8, 4) is 0 Å². The predicted molar refractivity (Wildman–Crippen MR) is 55.9 cm³/mol. The zero-order chi connectivity index (χ0) is 10.0. The monoisotopic (exact) mass is 178 g/mol. The molecule has 0 aromatic heterocycles. The van der Waals surface area contributed by atoms with Gasteiger partial charge in [0.05, 0.1) is 6.10 Å². The lowest BCUT2D eigenvalue weighted by atomic mass is 9.94. The molecule has 0 heterocycles. The molecule has 0 saturated carbocycles. The van der Waals surface area contributed by atoms with E-state index in [4.69, 9.17) is 0 Å². The number of benzene rings is 1. The normalized spacial score (nSPS) is 13.0. The van der Waals surface area contributed by atoms with Gasteiger partial charge in [0, 0.05) is 0 Å². The molecule has 1 rings (SSSR count). The Kier molecular flexibility index (Phi) is 3.10. The Balaban J connectivity index is 3.20. The van der Waals surface area contributed by atoms with E-state index >= 15 is 0 Å². The fourth-order valence-electron chi connectivity index (χ4n) is 1.92. The molecule has 1 aromatic rings. The van der Waals surface area contributed by atoms with E-state index in [0.717, 1.165) is 12.0 Å². The number of aliphatic hydroxyl groups excluding tert-OH is 1. The lowest BCUT2D eigenvalue weighted by molar-refractivity contribution is 0.172. The van der Waals surface area contributed by atoms with Gasteiger partial charge in [-0.05, 0) is 43.9 Å². The molecule has 1 atom stereocenters. The van der Waals surface area contributed by atoms with Crippen LogP contribution in [0, 0.1) is 20.8 Å². The highest BCUT2D eigenvalue weighted by Gasteiger charge is 2.11. The van der Waals surface area contributed by atoms with Gasteiger partial charge in [0.2, 0.25) is 0 Å². The molecule has 0 aliphatic carbocycles. The summed E-state index contributed by atoms with van der Waals surface area (Å²) >= 11 is 0. The van der Waals surface area contributed by atoms with E-state index in [1.165, 1.54) is 16.7 Å². The number of aryl methyl sites for hydroxylation is 3. The van der Waals surface area contributed by atoms with Crippen molar-refractivity contribution in [3.63, 3.8) is 0 Å². The Morgan fingerprint density at radius 2 is 1.62 bits per heavy atom. The molecule has 13 heavy (non-hydrogen) atoms. The molecule has 1 nitrogen and oxygen atoms in total. The van der Waals surface area contributed by atoms with Crippen molar-refractivity contribution < 1.29 is 5.11 Å². The maximum absolute atomic E-state index is 9.78. The first-order chi connectivity index (χ1) is 6.06. The molecular formula is C12H18O. The van der Waals surface area contributed by atoms with Crippen molar-refractivity contribution in [3.05, 3.63) is 34.4 Å². The van der Waals surface area contributed by atoms with Crippen molar-refractivity contribution in [1.29, 1.82) is 0 Å². The van der Waals surface area contributed by atoms with Crippen LogP contribution < -0.4 is 0 Å². The van der Waals surface area contributed by atoms with Crippen molar-refractivity contribution in [2.24, 2.45) is 0 Å². The molecule has 1 N–H and O–H groups in total. The maximum atomic E-state index is 9.78. The van der Waals surface area contributed by atoms with Gasteiger partial charge in [-0.2, -0.15) is 0 Å². The largest absolute Gasteiger partial charge is 0.388 e. The van der Waals surface area contributed by atoms with Crippen LogP contribution in [0.2, 0.25) is 0 Å². The second-order valence-electron chi connectivity index (χ2n) is 3.74. The molecular weight excluding hydrogens is 160 g/mol. The first-order valence-corrected chi connectivity index (χ1v) is 4.82. The zero-order valence-corrected chi connectivity index (χ0v) is 8.89. The number of hydrogen-bond acceptors (Lipinski definition) is 1. The average Bonchev–Trinajstić information content (AvgIpc) is 2.02. The van der Waals surface area contributed by atoms with Gasteiger partial charge in [0.15, 0.2) is 0 Å². The van der Waals surface area contributed by atoms with Crippen molar-refractivity contribution in [1.82, 2.24) is 0 Å². The molecule has 0 fully saturated rings. The van der Waals surface area contributed by atoms with Crippen molar-refractivity contribution >= 4 is 0 Å². The second kappa shape index (κ2) is 3.93. The molecule has 72 valence electrons. The first kappa shape index (κ1) is 10.3. The van der Waals surface area contributed by atoms with E-state index in [2.05, 4.69) is 32.9 Å². The standard InChI is InChI=1S/C12H18O/c1-5-11(13)12-9(3)6-8(2)7-10(12)4/h6-7,11,13H,5H2,1-4H3/t11-/m1/s1. The summed E-state index contributed by atoms with van der Waals surface area (Å²) in [6.07, 6.45) is 0.477. The van der Waals surface area contributed by atoms with Crippen LogP contribution in [-0.2, 0) is 0 Å². The number of rotatable bonds is 2. The van der Waals surface area contributed by atoms with Crippen molar-refractivity contribution in [2.75, 3.05) is 0 Å². The zero-order valence-electron chi connectivity index (χ0n) is 8.89. The molecule has 0 radical (unpaired) electrons. The summed E-state index contributed by atoms with van der Waals surface area (Å²) in [4.78, 5) is 0. The van der Waals surface area contributed by atoms with Crippen LogP contribution in [-0.4, -0.2) is 5.11 Å². The van der Waals surface area contributed by atoms with Crippen LogP contribution in [0.15, 0.2) is 12.1 Å². The third-order valence-electron chi connectivity index (χ3n) is 2.46. The Morgan fingerprint density at radius 3 is 2.00 bits per heavy atom. The smallest absolute Gasteiger partial charge is 0.0792 e. The molecule has 0 saturated heterocycles. The molecule has 0 bridgehead atoms. The quantitative estimate of drug-likeness (QED) is 0.738. The summed E-state index contributed by atoms with van der Waals surface area (Å²) in [5, 5.41) is 9.78. The highest BCUT2D eigenvalue weighted by atomic mass is 16.3. The molecule has 0 amide bonds. The Hall–Kier alpha value is -0.820. The van der Waals surface area contributed by atoms with Gasteiger partial charge < -0.3 is 5.11 Å². The molecule has 0 aliphatic heterocycles. The topological polar surface area (TPSA) is 20.2 Å². The minimum atomic E-state index is -0.305. The van der Waals surface area contributed by atoms with Gasteiger partial charge in [0.25, 0.3) is 0 Å². The van der Waals surface area contributed by atoms with E-state index < -0.39 is 0 Å². The SMILES string of the molecule is CC[C@@H](O)c1c(C)cc(C)cc1C. The average molecular weight is 178 g/mol. The van der Waals surface area contributed by atoms with Gasteiger partial charge >= 0.3 is 0 Å². The molecule has 0 unspecified atom stereocenters. The van der Waals surface area contributed by atoms with E-state index in [9.17, 15) is 5.11 Å². The minimum Gasteiger partial charge on any atom is -0.388 e. The maximum Gasteiger partial charge on any atom is 0.0792 e. The summed E-state index contributed by atoms with van der Waals surface area (Å²) in [5.74, 6) is 0. The lowest BCUT2D eigenvalue weighted by Gasteiger charge is -2.15. The summed E-state index contributed by atoms with van der Waals surface area (Å²) in [6.45, 7) is 8.22. The Bertz CT molecular complexity index is 279. The summed E-state index contributed by atoms with van der Waals surface area (Å²) in [7, 11) is 0. The fourth-order valence-corrected chi connectivity index (χ4v) is 1.92. The highest BCUT2D eigenvalue weighted by molar-refractivity contribution is 5.38. The summed E-state index contributed by atoms with van der Waals surface area (Å²) in [5.41, 5.74) is 4.77. The van der Waals surface area contributed by atoms with Crippen LogP contribution in [0.4, 0.5) is 0 Å². The van der Waals surface area contributed by atoms with E-state index in [1.54, 1.807) is 0 Å². The molecule has 1 heteroatoms. The van der Waals surface area contributed by atoms with Gasteiger partial charge in [0.1, 0.15) is 0 Å². The van der Waals surface area contributed by atoms with Gasteiger partial charge in [-0.25, -0.2) is 0 Å². The number of hydrogen-bond donors (Lipinski definition) is 1. The predicted octanol–water partition coefficient (Wildman–Crippen LogP) is 3.06. The van der Waals surface area contributed by atoms with Crippen LogP contribution in [0.25, 0.3) is 0 Å². The fraction of sp³-hybridized carbons (Fsp3) is 0.500. The van der Waals surface area contributed by atoms with E-state index in [1.807, 2.05) is 6.92 Å². The molecule has 1 aromatic carbocycles. The van der Waals surface area contributed by atoms with Gasteiger partial charge in [-0.3, -0.25) is 0 Å². The van der Waals surface area contributed by atoms with E-state index in [0.29, 0.717) is 0 Å². The lowest BCUT2D eigenvalue weighted by Crippen LogP contribution is -2.01. The molecule has 0 spiro atoms. The van der Waals surface area contributed by atoms with Gasteiger partial charge in [-0.15, -0.1) is 0 Å². The van der Waals surface area contributed by atoms with Crippen molar-refractivity contribution in [2.45, 2.75) is 40.2 Å². The van der Waals surface area contributed by atoms with Gasteiger partial charge in [-0.1, -0.05) is 24.6 Å². The van der Waals surface area contributed by atoms with Crippen LogP contribution in [0.1, 0.15) is 41.7 Å². The summed E-state index contributed by atoms with van der Waals surface area (Å²) < 4.78 is 0. The highest BCUT2D eigenvalue weighted by Crippen LogP contribution is 2.25. The summed E-state index contributed by atoms with van der Waals surface area (Å²) in [6, 6.07) is 4.25.